The number of nitrogens with one attached hydrogen (secondary N) is 2. The molecule has 0 aliphatic heterocycles. The summed E-state index contributed by atoms with van der Waals surface area (Å²) in [5, 5.41) is 32.6. The van der Waals surface area contributed by atoms with Gasteiger partial charge in [0.1, 0.15) is 6.04 Å². The fourth-order valence-corrected chi connectivity index (χ4v) is 1.86. The van der Waals surface area contributed by atoms with Crippen LogP contribution in [0.2, 0.25) is 0 Å². The van der Waals surface area contributed by atoms with E-state index >= 15 is 0 Å². The van der Waals surface area contributed by atoms with Crippen molar-refractivity contribution < 1.29 is 24.9 Å². The predicted molar refractivity (Wildman–Crippen MR) is 77.1 cm³/mol. The van der Waals surface area contributed by atoms with Gasteiger partial charge in [0.2, 0.25) is 0 Å². The number of aliphatic hydroxyl groups is 1. The third-order valence-corrected chi connectivity index (χ3v) is 2.85. The quantitative estimate of drug-likeness (QED) is 0.189. The second kappa shape index (κ2) is 12.5. The highest BCUT2D eigenvalue weighted by molar-refractivity contribution is 5.80. The number of aliphatic carboxylic acids is 2. The first-order valence-electron chi connectivity index (χ1n) is 6.94. The standard InChI is InChI=1S/C12H26N4O5/c13-1-6-16(10(12(20)21)9-11(18)19)7-4-14-2-3-15-5-8-17/h10,14-15,17H,1-9,13H2,(H,18,19)(H,20,21). The third-order valence-electron chi connectivity index (χ3n) is 2.85. The van der Waals surface area contributed by atoms with Crippen LogP contribution in [0, 0.1) is 0 Å². The molecule has 9 nitrogen and oxygen atoms in total. The Kier molecular flexibility index (Phi) is 11.7. The number of carboxylic acids is 2. The summed E-state index contributed by atoms with van der Waals surface area (Å²) < 4.78 is 0. The van der Waals surface area contributed by atoms with Crippen LogP contribution in [-0.2, 0) is 9.59 Å². The molecule has 0 aliphatic rings. The van der Waals surface area contributed by atoms with Gasteiger partial charge in [-0.2, -0.15) is 0 Å². The smallest absolute Gasteiger partial charge is 0.321 e. The Bertz CT molecular complexity index is 303. The van der Waals surface area contributed by atoms with Gasteiger partial charge in [-0.25, -0.2) is 0 Å². The Labute approximate surface area is 124 Å². The van der Waals surface area contributed by atoms with Crippen LogP contribution in [0.1, 0.15) is 6.42 Å². The lowest BCUT2D eigenvalue weighted by molar-refractivity contribution is -0.149. The van der Waals surface area contributed by atoms with Crippen molar-refractivity contribution in [1.82, 2.24) is 15.5 Å². The van der Waals surface area contributed by atoms with Crippen LogP contribution in [-0.4, -0.2) is 90.6 Å². The summed E-state index contributed by atoms with van der Waals surface area (Å²) in [5.41, 5.74) is 5.45. The van der Waals surface area contributed by atoms with Crippen LogP contribution >= 0.6 is 0 Å². The van der Waals surface area contributed by atoms with Gasteiger partial charge in [0.15, 0.2) is 0 Å². The maximum atomic E-state index is 11.2. The Balaban J connectivity index is 4.14. The van der Waals surface area contributed by atoms with Crippen molar-refractivity contribution in [2.75, 3.05) is 52.4 Å². The average molecular weight is 306 g/mol. The van der Waals surface area contributed by atoms with Crippen molar-refractivity contribution >= 4 is 11.9 Å². The summed E-state index contributed by atoms with van der Waals surface area (Å²) in [7, 11) is 0. The van der Waals surface area contributed by atoms with Gasteiger partial charge in [0.25, 0.3) is 0 Å². The summed E-state index contributed by atoms with van der Waals surface area (Å²) >= 11 is 0. The van der Waals surface area contributed by atoms with E-state index in [0.29, 0.717) is 39.3 Å². The maximum absolute atomic E-state index is 11.2. The Hall–Kier alpha value is -1.26. The van der Waals surface area contributed by atoms with Crippen LogP contribution in [0.3, 0.4) is 0 Å². The number of carbonyl (C=O) groups is 2. The molecule has 1 atom stereocenters. The van der Waals surface area contributed by atoms with E-state index in [4.69, 9.17) is 21.1 Å². The maximum Gasteiger partial charge on any atom is 0.321 e. The lowest BCUT2D eigenvalue weighted by Gasteiger charge is -2.27. The van der Waals surface area contributed by atoms with E-state index in [1.807, 2.05) is 0 Å². The minimum atomic E-state index is -1.16. The van der Waals surface area contributed by atoms with Crippen molar-refractivity contribution in [3.63, 3.8) is 0 Å². The number of nitrogens with two attached hydrogens (primary N) is 1. The summed E-state index contributed by atoms with van der Waals surface area (Å²) in [5.74, 6) is -2.30. The van der Waals surface area contributed by atoms with E-state index in [-0.39, 0.29) is 13.2 Å². The molecule has 0 saturated carbocycles. The minimum Gasteiger partial charge on any atom is -0.481 e. The topological polar surface area (TPSA) is 148 Å². The zero-order valence-electron chi connectivity index (χ0n) is 12.1. The molecule has 7 N–H and O–H groups in total. The van der Waals surface area contributed by atoms with E-state index in [9.17, 15) is 9.59 Å². The summed E-state index contributed by atoms with van der Waals surface area (Å²) in [6.07, 6.45) is -0.451. The summed E-state index contributed by atoms with van der Waals surface area (Å²) in [6.45, 7) is 3.50. The summed E-state index contributed by atoms with van der Waals surface area (Å²) in [4.78, 5) is 23.5. The highest BCUT2D eigenvalue weighted by Gasteiger charge is 2.27. The molecule has 0 aromatic carbocycles. The second-order valence-electron chi connectivity index (χ2n) is 4.50. The van der Waals surface area contributed by atoms with Gasteiger partial charge >= 0.3 is 11.9 Å². The van der Waals surface area contributed by atoms with Crippen LogP contribution in [0.15, 0.2) is 0 Å². The van der Waals surface area contributed by atoms with Gasteiger partial charge in [-0.1, -0.05) is 0 Å². The Morgan fingerprint density at radius 2 is 1.67 bits per heavy atom. The lowest BCUT2D eigenvalue weighted by atomic mass is 10.1. The molecule has 1 unspecified atom stereocenters. The first-order valence-corrected chi connectivity index (χ1v) is 6.94. The number of carboxylic acid groups (broad SMARTS) is 2. The zero-order valence-corrected chi connectivity index (χ0v) is 12.1. The van der Waals surface area contributed by atoms with E-state index in [0.717, 1.165) is 0 Å². The molecule has 0 amide bonds. The molecule has 21 heavy (non-hydrogen) atoms. The zero-order chi connectivity index (χ0) is 16.1. The van der Waals surface area contributed by atoms with Crippen LogP contribution < -0.4 is 16.4 Å². The molecule has 0 heterocycles. The van der Waals surface area contributed by atoms with Gasteiger partial charge in [0, 0.05) is 45.8 Å². The molecule has 0 fully saturated rings. The van der Waals surface area contributed by atoms with E-state index in [1.54, 1.807) is 4.90 Å². The first-order chi connectivity index (χ1) is 10.0. The first kappa shape index (κ1) is 19.7. The molecule has 0 aromatic rings. The van der Waals surface area contributed by atoms with Crippen molar-refractivity contribution in [2.24, 2.45) is 5.73 Å². The number of hydrogen-bond acceptors (Lipinski definition) is 7. The number of rotatable bonds is 14. The molecular formula is C12H26N4O5. The molecule has 0 rings (SSSR count). The lowest BCUT2D eigenvalue weighted by Crippen LogP contribution is -2.47. The Morgan fingerprint density at radius 3 is 2.14 bits per heavy atom. The highest BCUT2D eigenvalue weighted by atomic mass is 16.4. The van der Waals surface area contributed by atoms with E-state index in [1.165, 1.54) is 0 Å². The molecule has 0 aliphatic carbocycles. The number of nitrogens with zero attached hydrogens (tertiary/aromatic N) is 1. The monoisotopic (exact) mass is 306 g/mol. The second-order valence-corrected chi connectivity index (χ2v) is 4.50. The number of aliphatic hydroxyl groups excluding tert-OH is 1. The molecule has 0 bridgehead atoms. The van der Waals surface area contributed by atoms with Crippen molar-refractivity contribution in [3.05, 3.63) is 0 Å². The van der Waals surface area contributed by atoms with Gasteiger partial charge in [-0.05, 0) is 0 Å². The molecule has 0 spiro atoms. The molecule has 0 radical (unpaired) electrons. The highest BCUT2D eigenvalue weighted by Crippen LogP contribution is 2.04. The average Bonchev–Trinajstić information content (AvgIpc) is 2.42. The largest absolute Gasteiger partial charge is 0.481 e. The molecule has 0 saturated heterocycles. The van der Waals surface area contributed by atoms with Crippen molar-refractivity contribution in [1.29, 1.82) is 0 Å². The predicted octanol–water partition coefficient (Wildman–Crippen LogP) is -2.65. The van der Waals surface area contributed by atoms with Crippen LogP contribution in [0.4, 0.5) is 0 Å². The molecule has 124 valence electrons. The fourth-order valence-electron chi connectivity index (χ4n) is 1.86. The van der Waals surface area contributed by atoms with Gasteiger partial charge in [-0.3, -0.25) is 14.5 Å². The van der Waals surface area contributed by atoms with Gasteiger partial charge in [-0.15, -0.1) is 0 Å². The number of hydrogen-bond donors (Lipinski definition) is 6. The van der Waals surface area contributed by atoms with Crippen molar-refractivity contribution in [3.8, 4) is 0 Å². The van der Waals surface area contributed by atoms with Gasteiger partial charge < -0.3 is 31.7 Å². The molecule has 9 heteroatoms. The SMILES string of the molecule is NCCN(CCNCCNCCO)C(CC(=O)O)C(=O)O. The van der Waals surface area contributed by atoms with Crippen molar-refractivity contribution in [2.45, 2.75) is 12.5 Å². The van der Waals surface area contributed by atoms with Gasteiger partial charge in [0.05, 0.1) is 13.0 Å². The van der Waals surface area contributed by atoms with E-state index < -0.39 is 24.4 Å². The van der Waals surface area contributed by atoms with Crippen LogP contribution in [0.5, 0.6) is 0 Å². The Morgan fingerprint density at radius 1 is 1.05 bits per heavy atom. The van der Waals surface area contributed by atoms with E-state index in [2.05, 4.69) is 10.6 Å². The summed E-state index contributed by atoms with van der Waals surface area (Å²) in [6, 6.07) is -1.07. The van der Waals surface area contributed by atoms with Crippen LogP contribution in [0.25, 0.3) is 0 Å². The minimum absolute atomic E-state index is 0.0831. The molecule has 0 aromatic heterocycles. The molecular weight excluding hydrogens is 280 g/mol. The normalized spacial score (nSPS) is 12.5. The fraction of sp³-hybridized carbons (Fsp3) is 0.833. The third kappa shape index (κ3) is 10.2.